The van der Waals surface area contributed by atoms with Crippen molar-refractivity contribution in [3.05, 3.63) is 35.9 Å². The molecule has 0 spiro atoms. The molecular weight excluding hydrogens is 253 g/mol. The van der Waals surface area contributed by atoms with Gasteiger partial charge in [-0.3, -0.25) is 4.98 Å². The fourth-order valence-electron chi connectivity index (χ4n) is 1.35. The third kappa shape index (κ3) is 2.17. The highest BCUT2D eigenvalue weighted by Gasteiger charge is 2.34. The first kappa shape index (κ1) is 12.1. The Morgan fingerprint density at radius 1 is 1.39 bits per heavy atom. The SMILES string of the molecule is O=C(O)c1cc(-c2ccncc2C(F)(F)F)no1. The smallest absolute Gasteiger partial charge is 0.418 e. The van der Waals surface area contributed by atoms with Gasteiger partial charge in [0.1, 0.15) is 5.69 Å². The van der Waals surface area contributed by atoms with Crippen LogP contribution >= 0.6 is 0 Å². The lowest BCUT2D eigenvalue weighted by Crippen LogP contribution is -2.07. The summed E-state index contributed by atoms with van der Waals surface area (Å²) in [7, 11) is 0. The summed E-state index contributed by atoms with van der Waals surface area (Å²) in [6.07, 6.45) is -2.81. The van der Waals surface area contributed by atoms with Crippen molar-refractivity contribution in [2.45, 2.75) is 6.18 Å². The van der Waals surface area contributed by atoms with E-state index in [1.54, 1.807) is 0 Å². The number of rotatable bonds is 2. The molecule has 94 valence electrons. The Morgan fingerprint density at radius 2 is 2.11 bits per heavy atom. The van der Waals surface area contributed by atoms with Crippen molar-refractivity contribution >= 4 is 5.97 Å². The zero-order valence-electron chi connectivity index (χ0n) is 8.60. The quantitative estimate of drug-likeness (QED) is 0.895. The van der Waals surface area contributed by atoms with Crippen molar-refractivity contribution in [1.29, 1.82) is 0 Å². The Kier molecular flexibility index (Phi) is 2.77. The van der Waals surface area contributed by atoms with Crippen LogP contribution < -0.4 is 0 Å². The molecule has 0 fully saturated rings. The van der Waals surface area contributed by atoms with Crippen molar-refractivity contribution in [2.75, 3.05) is 0 Å². The van der Waals surface area contributed by atoms with Gasteiger partial charge < -0.3 is 9.63 Å². The molecule has 2 aromatic rings. The topological polar surface area (TPSA) is 76.2 Å². The van der Waals surface area contributed by atoms with Crippen LogP contribution in [0.25, 0.3) is 11.3 Å². The number of hydrogen-bond acceptors (Lipinski definition) is 4. The van der Waals surface area contributed by atoms with Crippen LogP contribution in [-0.4, -0.2) is 21.2 Å². The minimum absolute atomic E-state index is 0.206. The van der Waals surface area contributed by atoms with Gasteiger partial charge in [0, 0.05) is 24.0 Å². The standard InChI is InChI=1S/C10H5F3N2O3/c11-10(12,13)6-4-14-2-1-5(6)7-3-8(9(16)17)18-15-7/h1-4H,(H,16,17). The van der Waals surface area contributed by atoms with Crippen LogP contribution in [0.5, 0.6) is 0 Å². The van der Waals surface area contributed by atoms with Crippen molar-refractivity contribution in [3.63, 3.8) is 0 Å². The highest BCUT2D eigenvalue weighted by Crippen LogP contribution is 2.35. The summed E-state index contributed by atoms with van der Waals surface area (Å²) in [5.41, 5.74) is -1.49. The molecule has 0 aliphatic rings. The first-order chi connectivity index (χ1) is 8.39. The zero-order chi connectivity index (χ0) is 13.3. The van der Waals surface area contributed by atoms with Gasteiger partial charge in [0.15, 0.2) is 0 Å². The molecule has 0 aliphatic carbocycles. The summed E-state index contributed by atoms with van der Waals surface area (Å²) in [6.45, 7) is 0. The highest BCUT2D eigenvalue weighted by atomic mass is 19.4. The van der Waals surface area contributed by atoms with E-state index < -0.39 is 23.5 Å². The van der Waals surface area contributed by atoms with Crippen molar-refractivity contribution in [2.24, 2.45) is 0 Å². The number of aromatic carboxylic acids is 1. The molecule has 0 aliphatic heterocycles. The number of pyridine rings is 1. The Bertz CT molecular complexity index is 592. The summed E-state index contributed by atoms with van der Waals surface area (Å²) in [5, 5.41) is 11.9. The van der Waals surface area contributed by atoms with E-state index in [0.29, 0.717) is 6.20 Å². The van der Waals surface area contributed by atoms with Crippen molar-refractivity contribution in [3.8, 4) is 11.3 Å². The number of carbonyl (C=O) groups is 1. The van der Waals surface area contributed by atoms with Crippen LogP contribution in [0.15, 0.2) is 29.0 Å². The van der Waals surface area contributed by atoms with E-state index >= 15 is 0 Å². The molecule has 0 unspecified atom stereocenters. The van der Waals surface area contributed by atoms with Gasteiger partial charge in [-0.25, -0.2) is 4.79 Å². The summed E-state index contributed by atoms with van der Waals surface area (Å²) in [6, 6.07) is 2.01. The van der Waals surface area contributed by atoms with Crippen LogP contribution in [-0.2, 0) is 6.18 Å². The predicted octanol–water partition coefficient (Wildman–Crippen LogP) is 2.45. The summed E-state index contributed by atoms with van der Waals surface area (Å²) in [5.74, 6) is -1.94. The normalized spacial score (nSPS) is 11.5. The van der Waals surface area contributed by atoms with Gasteiger partial charge in [0.25, 0.3) is 0 Å². The van der Waals surface area contributed by atoms with Gasteiger partial charge in [-0.05, 0) is 6.07 Å². The largest absolute Gasteiger partial charge is 0.475 e. The lowest BCUT2D eigenvalue weighted by Gasteiger charge is -2.09. The van der Waals surface area contributed by atoms with E-state index in [1.807, 2.05) is 0 Å². The Hall–Kier alpha value is -2.38. The van der Waals surface area contributed by atoms with E-state index in [2.05, 4.69) is 14.7 Å². The summed E-state index contributed by atoms with van der Waals surface area (Å²) in [4.78, 5) is 13.9. The summed E-state index contributed by atoms with van der Waals surface area (Å²) >= 11 is 0. The third-order valence-corrected chi connectivity index (χ3v) is 2.12. The minimum Gasteiger partial charge on any atom is -0.475 e. The maximum Gasteiger partial charge on any atom is 0.418 e. The van der Waals surface area contributed by atoms with Crippen molar-refractivity contribution < 1.29 is 27.6 Å². The van der Waals surface area contributed by atoms with Gasteiger partial charge >= 0.3 is 12.1 Å². The van der Waals surface area contributed by atoms with Gasteiger partial charge in [0.2, 0.25) is 5.76 Å². The maximum atomic E-state index is 12.7. The number of halogens is 3. The van der Waals surface area contributed by atoms with E-state index in [1.165, 1.54) is 0 Å². The maximum absolute atomic E-state index is 12.7. The second-order valence-corrected chi connectivity index (χ2v) is 3.30. The predicted molar refractivity (Wildman–Crippen MR) is 51.7 cm³/mol. The Balaban J connectivity index is 2.53. The number of nitrogens with zero attached hydrogens (tertiary/aromatic N) is 2. The molecule has 0 atom stereocenters. The molecule has 2 heterocycles. The number of carboxylic acids is 1. The van der Waals surface area contributed by atoms with E-state index in [4.69, 9.17) is 5.11 Å². The van der Waals surface area contributed by atoms with Gasteiger partial charge in [0.05, 0.1) is 5.56 Å². The third-order valence-electron chi connectivity index (χ3n) is 2.12. The fourth-order valence-corrected chi connectivity index (χ4v) is 1.35. The molecule has 0 saturated heterocycles. The first-order valence-electron chi connectivity index (χ1n) is 4.61. The number of alkyl halides is 3. The average molecular weight is 258 g/mol. The van der Waals surface area contributed by atoms with Gasteiger partial charge in [-0.15, -0.1) is 0 Å². The Labute approximate surface area is 97.9 Å². The van der Waals surface area contributed by atoms with Crippen LogP contribution in [0.2, 0.25) is 0 Å². The molecule has 0 saturated carbocycles. The number of aromatic nitrogens is 2. The fraction of sp³-hybridized carbons (Fsp3) is 0.100. The van der Waals surface area contributed by atoms with E-state index in [-0.39, 0.29) is 11.3 Å². The van der Waals surface area contributed by atoms with Crippen LogP contribution in [0.1, 0.15) is 16.1 Å². The second-order valence-electron chi connectivity index (χ2n) is 3.30. The molecule has 1 N–H and O–H groups in total. The molecular formula is C10H5F3N2O3. The minimum atomic E-state index is -4.61. The Morgan fingerprint density at radius 3 is 2.67 bits per heavy atom. The molecule has 0 amide bonds. The van der Waals surface area contributed by atoms with Crippen LogP contribution in [0, 0.1) is 0 Å². The zero-order valence-corrected chi connectivity index (χ0v) is 8.60. The molecule has 18 heavy (non-hydrogen) atoms. The summed E-state index contributed by atoms with van der Waals surface area (Å²) < 4.78 is 42.5. The van der Waals surface area contributed by atoms with Gasteiger partial charge in [-0.1, -0.05) is 5.16 Å². The second kappa shape index (κ2) is 4.13. The number of hydrogen-bond donors (Lipinski definition) is 1. The molecule has 2 rings (SSSR count). The van der Waals surface area contributed by atoms with E-state index in [9.17, 15) is 18.0 Å². The monoisotopic (exact) mass is 258 g/mol. The van der Waals surface area contributed by atoms with Crippen LogP contribution in [0.4, 0.5) is 13.2 Å². The van der Waals surface area contributed by atoms with Gasteiger partial charge in [-0.2, -0.15) is 13.2 Å². The van der Waals surface area contributed by atoms with E-state index in [0.717, 1.165) is 18.3 Å². The molecule has 5 nitrogen and oxygen atoms in total. The van der Waals surface area contributed by atoms with Crippen molar-refractivity contribution in [1.82, 2.24) is 10.1 Å². The molecule has 8 heteroatoms. The average Bonchev–Trinajstić information content (AvgIpc) is 2.77. The lowest BCUT2D eigenvalue weighted by molar-refractivity contribution is -0.137. The van der Waals surface area contributed by atoms with Crippen LogP contribution in [0.3, 0.4) is 0 Å². The first-order valence-corrected chi connectivity index (χ1v) is 4.61. The molecule has 0 bridgehead atoms. The highest BCUT2D eigenvalue weighted by molar-refractivity contribution is 5.85. The lowest BCUT2D eigenvalue weighted by atomic mass is 10.1. The molecule has 0 radical (unpaired) electrons. The molecule has 2 aromatic heterocycles. The number of carboxylic acid groups (broad SMARTS) is 1. The molecule has 0 aromatic carbocycles.